The van der Waals surface area contributed by atoms with Crippen molar-refractivity contribution in [2.24, 2.45) is 11.1 Å². The quantitative estimate of drug-likeness (QED) is 0.180. The fourth-order valence-electron chi connectivity index (χ4n) is 4.33. The van der Waals surface area contributed by atoms with E-state index in [2.05, 4.69) is 35.9 Å². The Morgan fingerprint density at radius 2 is 1.89 bits per heavy atom. The maximum atomic E-state index is 13.4. The van der Waals surface area contributed by atoms with Crippen molar-refractivity contribution in [1.82, 2.24) is 35.9 Å². The first kappa shape index (κ1) is 23.3. The molecule has 0 bridgehead atoms. The molecule has 2 aromatic heterocycles. The van der Waals surface area contributed by atoms with E-state index >= 15 is 0 Å². The summed E-state index contributed by atoms with van der Waals surface area (Å²) >= 11 is 0. The largest absolute Gasteiger partial charge is 0.391 e. The smallest absolute Gasteiger partial charge is 0.240 e. The van der Waals surface area contributed by atoms with Gasteiger partial charge in [0.1, 0.15) is 4.90 Å². The number of rotatable bonds is 6. The molecule has 0 radical (unpaired) electrons. The number of benzene rings is 2. The molecule has 2 atom stereocenters. The first-order valence-corrected chi connectivity index (χ1v) is 13.6. The Morgan fingerprint density at radius 3 is 2.54 bits per heavy atom. The molecular weight excluding hydrogens is 498 g/mol. The van der Waals surface area contributed by atoms with Crippen molar-refractivity contribution < 1.29 is 21.9 Å². The second kappa shape index (κ2) is 8.35. The van der Waals surface area contributed by atoms with E-state index in [-0.39, 0.29) is 36.0 Å². The Morgan fingerprint density at radius 1 is 1.09 bits per heavy atom. The molecule has 35 heavy (non-hydrogen) atoms. The van der Waals surface area contributed by atoms with Crippen LogP contribution in [0.5, 0.6) is 0 Å². The molecular formula is C19H21N9O5S2. The maximum absolute atomic E-state index is 13.4. The number of para-hydroxylation sites is 1. The number of H-pyrrole nitrogens is 2. The number of aromatic nitrogens is 6. The van der Waals surface area contributed by atoms with Gasteiger partial charge in [-0.1, -0.05) is 18.2 Å². The van der Waals surface area contributed by atoms with Crippen molar-refractivity contribution in [2.75, 3.05) is 24.6 Å². The Balaban J connectivity index is 1.81. The van der Waals surface area contributed by atoms with E-state index in [1.54, 1.807) is 18.2 Å². The molecule has 0 aliphatic carbocycles. The summed E-state index contributed by atoms with van der Waals surface area (Å²) in [4.78, 5) is 5.99. The van der Waals surface area contributed by atoms with E-state index in [1.807, 2.05) is 0 Å². The zero-order valence-corrected chi connectivity index (χ0v) is 19.6. The van der Waals surface area contributed by atoms with Crippen LogP contribution in [0.3, 0.4) is 0 Å². The van der Waals surface area contributed by atoms with E-state index in [4.69, 9.17) is 10.9 Å². The van der Waals surface area contributed by atoms with Crippen LogP contribution in [0.4, 0.5) is 5.95 Å². The van der Waals surface area contributed by atoms with Crippen molar-refractivity contribution in [3.63, 3.8) is 0 Å². The van der Waals surface area contributed by atoms with Gasteiger partial charge in [-0.15, -0.1) is 10.2 Å². The van der Waals surface area contributed by atoms with Crippen molar-refractivity contribution in [3.05, 3.63) is 30.3 Å². The number of aliphatic hydroxyl groups excluding tert-OH is 1. The van der Waals surface area contributed by atoms with Gasteiger partial charge < -0.3 is 21.1 Å². The molecule has 0 spiro atoms. The summed E-state index contributed by atoms with van der Waals surface area (Å²) in [6, 6.07) is 7.72. The number of hydrogen-bond acceptors (Lipinski definition) is 11. The Labute approximate surface area is 199 Å². The number of fused-ring (bicyclic) bond motifs is 1. The number of primary sulfonamides is 1. The van der Waals surface area contributed by atoms with Crippen LogP contribution in [-0.4, -0.2) is 77.5 Å². The molecule has 5 rings (SSSR count). The number of aromatic amines is 2. The van der Waals surface area contributed by atoms with Crippen LogP contribution in [0.2, 0.25) is 0 Å². The van der Waals surface area contributed by atoms with Gasteiger partial charge in [-0.2, -0.15) is 5.21 Å². The fraction of sp³-hybridized carbons (Fsp3) is 0.263. The first-order chi connectivity index (χ1) is 16.6. The maximum Gasteiger partial charge on any atom is 0.240 e. The van der Waals surface area contributed by atoms with E-state index < -0.39 is 47.4 Å². The summed E-state index contributed by atoms with van der Waals surface area (Å²) in [7, 11) is -8.86. The minimum atomic E-state index is -4.63. The predicted octanol–water partition coefficient (Wildman–Crippen LogP) is -1.01. The molecule has 2 aromatic carbocycles. The summed E-state index contributed by atoms with van der Waals surface area (Å²) in [5.41, 5.74) is 7.36. The molecule has 16 heteroatoms. The molecule has 1 fully saturated rings. The molecule has 8 N–H and O–H groups in total. The van der Waals surface area contributed by atoms with Crippen LogP contribution in [-0.2, 0) is 19.9 Å². The van der Waals surface area contributed by atoms with Gasteiger partial charge in [-0.3, -0.25) is 0 Å². The van der Waals surface area contributed by atoms with E-state index in [9.17, 15) is 21.9 Å². The molecule has 14 nitrogen and oxygen atoms in total. The van der Waals surface area contributed by atoms with Gasteiger partial charge in [0.2, 0.25) is 15.8 Å². The van der Waals surface area contributed by atoms with Crippen LogP contribution >= 0.6 is 0 Å². The molecule has 0 saturated carbocycles. The zero-order valence-electron chi connectivity index (χ0n) is 18.0. The van der Waals surface area contributed by atoms with Crippen LogP contribution in [0.25, 0.3) is 33.5 Å². The van der Waals surface area contributed by atoms with Gasteiger partial charge in [0.05, 0.1) is 33.3 Å². The topological polar surface area (TPSA) is 236 Å². The Kier molecular flexibility index (Phi) is 5.56. The van der Waals surface area contributed by atoms with Crippen molar-refractivity contribution in [2.45, 2.75) is 15.9 Å². The minimum absolute atomic E-state index is 0.142. The highest BCUT2D eigenvalue weighted by atomic mass is 32.2. The third-order valence-electron chi connectivity index (χ3n) is 5.87. The number of nitrogens with two attached hydrogens (primary N) is 2. The molecule has 1 saturated heterocycles. The highest BCUT2D eigenvalue weighted by Gasteiger charge is 2.36. The Hall–Kier alpha value is -3.44. The molecule has 0 amide bonds. The third-order valence-corrected chi connectivity index (χ3v) is 8.87. The number of nitrogens with one attached hydrogen (secondary N) is 3. The lowest BCUT2D eigenvalue weighted by atomic mass is 9.98. The van der Waals surface area contributed by atoms with Crippen LogP contribution in [0.15, 0.2) is 40.1 Å². The first-order valence-electron chi connectivity index (χ1n) is 10.4. The number of nitrogen functional groups attached to an aromatic ring is 1. The summed E-state index contributed by atoms with van der Waals surface area (Å²) in [6.45, 7) is 0.509. The van der Waals surface area contributed by atoms with Crippen molar-refractivity contribution >= 4 is 36.8 Å². The molecule has 1 aliphatic heterocycles. The lowest BCUT2D eigenvalue weighted by molar-refractivity contribution is 0.157. The zero-order chi connectivity index (χ0) is 25.0. The van der Waals surface area contributed by atoms with Crippen LogP contribution in [0.1, 0.15) is 0 Å². The average Bonchev–Trinajstić information content (AvgIpc) is 3.53. The van der Waals surface area contributed by atoms with Crippen LogP contribution < -0.4 is 16.2 Å². The number of hydrogen-bond donors (Lipinski definition) is 6. The van der Waals surface area contributed by atoms with Gasteiger partial charge in [0.15, 0.2) is 15.8 Å². The molecule has 184 valence electrons. The van der Waals surface area contributed by atoms with Gasteiger partial charge in [-0.25, -0.2) is 27.0 Å². The van der Waals surface area contributed by atoms with Gasteiger partial charge in [-0.05, 0) is 22.9 Å². The average molecular weight is 520 g/mol. The predicted molar refractivity (Wildman–Crippen MR) is 125 cm³/mol. The second-order valence-corrected chi connectivity index (χ2v) is 11.7. The number of sulfone groups is 1. The van der Waals surface area contributed by atoms with Gasteiger partial charge >= 0.3 is 0 Å². The monoisotopic (exact) mass is 519 g/mol. The summed E-state index contributed by atoms with van der Waals surface area (Å²) in [6.07, 6.45) is -0.888. The van der Waals surface area contributed by atoms with E-state index in [1.165, 1.54) is 12.1 Å². The summed E-state index contributed by atoms with van der Waals surface area (Å²) < 4.78 is 52.6. The molecule has 0 unspecified atom stereocenters. The van der Waals surface area contributed by atoms with E-state index in [0.717, 1.165) is 0 Å². The standard InChI is InChI=1S/C19H21N9O5S2/c20-19-23-12-3-1-2-11(16(12)24-19)10-4-5-14(34(30,31)8-9-6-22-7-13(9)29)17(35(21,32)33)15(10)18-25-27-28-26-18/h1-5,9,13,22,29H,6-8H2,(H3,20,23,24)(H2,21,32,33)(H,25,26,27,28)/t9-,13+/m0/s1. The number of aliphatic hydroxyl groups is 1. The number of sulfonamides is 1. The number of imidazole rings is 1. The number of β-amino-alcohol motifs (C(OH)–C–C–N with tert-alkyl or cyclic N) is 1. The van der Waals surface area contributed by atoms with Crippen molar-refractivity contribution in [1.29, 1.82) is 0 Å². The molecule has 4 aromatic rings. The van der Waals surface area contributed by atoms with Crippen molar-refractivity contribution in [3.8, 4) is 22.5 Å². The lowest BCUT2D eigenvalue weighted by Crippen LogP contribution is -2.28. The van der Waals surface area contributed by atoms with E-state index in [0.29, 0.717) is 16.6 Å². The molecule has 3 heterocycles. The highest BCUT2D eigenvalue weighted by molar-refractivity contribution is 7.93. The Bertz CT molecular complexity index is 1630. The fourth-order valence-corrected chi connectivity index (χ4v) is 7.64. The second-order valence-electron chi connectivity index (χ2n) is 8.19. The number of nitrogens with zero attached hydrogens (tertiary/aromatic N) is 4. The molecule has 1 aliphatic rings. The SMILES string of the molecule is Nc1nc2c(-c3ccc(S(=O)(=O)C[C@@H]4CNC[C@H]4O)c(S(N)(=O)=O)c3-c3nn[nH]n3)cccc2[nH]1. The number of anilines is 1. The normalized spacial score (nSPS) is 18.9. The summed E-state index contributed by atoms with van der Waals surface area (Å²) in [5, 5.41) is 32.2. The number of tetrazole rings is 1. The lowest BCUT2D eigenvalue weighted by Gasteiger charge is -2.18. The minimum Gasteiger partial charge on any atom is -0.391 e. The van der Waals surface area contributed by atoms with Gasteiger partial charge in [0, 0.05) is 24.6 Å². The van der Waals surface area contributed by atoms with Gasteiger partial charge in [0.25, 0.3) is 0 Å². The van der Waals surface area contributed by atoms with Crippen LogP contribution in [0, 0.1) is 5.92 Å². The highest BCUT2D eigenvalue weighted by Crippen LogP contribution is 2.41. The summed E-state index contributed by atoms with van der Waals surface area (Å²) in [5.74, 6) is -1.14. The third kappa shape index (κ3) is 4.14.